The molecule has 0 amide bonds. The van der Waals surface area contributed by atoms with Gasteiger partial charge in [0, 0.05) is 5.88 Å². The molecule has 0 bridgehead atoms. The van der Waals surface area contributed by atoms with Crippen molar-refractivity contribution in [2.24, 2.45) is 0 Å². The van der Waals surface area contributed by atoms with E-state index in [1.54, 1.807) is 6.26 Å². The van der Waals surface area contributed by atoms with Gasteiger partial charge in [0.2, 0.25) is 0 Å². The first-order chi connectivity index (χ1) is 3.41. The number of hydrogen-bond acceptors (Lipinski definition) is 1. The number of hydrogen-bond donors (Lipinski definition) is 1. The Hall–Kier alpha value is 0.640. The summed E-state index contributed by atoms with van der Waals surface area (Å²) in [6, 6.07) is 0. The summed E-state index contributed by atoms with van der Waals surface area (Å²) in [6.07, 6.45) is 4.06. The van der Waals surface area contributed by atoms with Gasteiger partial charge in [0.05, 0.1) is 0 Å². The highest BCUT2D eigenvalue weighted by atomic mass is 35.5. The Labute approximate surface area is 56.7 Å². The third-order valence-corrected chi connectivity index (χ3v) is 0.754. The van der Waals surface area contributed by atoms with Gasteiger partial charge < -0.3 is 0 Å². The van der Waals surface area contributed by atoms with Crippen LogP contribution in [0.25, 0.3) is 0 Å². The smallest absolute Gasteiger partial charge is 0.0223 e. The van der Waals surface area contributed by atoms with Crippen molar-refractivity contribution in [3.63, 3.8) is 0 Å². The lowest BCUT2D eigenvalue weighted by Crippen LogP contribution is -1.65. The van der Waals surface area contributed by atoms with Crippen molar-refractivity contribution in [2.75, 3.05) is 12.1 Å². The van der Waals surface area contributed by atoms with Crippen molar-refractivity contribution >= 4 is 24.2 Å². The monoisotopic (exact) mass is 140 g/mol. The van der Waals surface area contributed by atoms with E-state index in [4.69, 9.17) is 11.6 Å². The van der Waals surface area contributed by atoms with Gasteiger partial charge in [-0.15, -0.1) is 11.6 Å². The van der Waals surface area contributed by atoms with E-state index >= 15 is 0 Å². The minimum atomic E-state index is 0.816. The third kappa shape index (κ3) is 20.5. The van der Waals surface area contributed by atoms with Crippen molar-refractivity contribution in [2.45, 2.75) is 19.8 Å². The van der Waals surface area contributed by atoms with Crippen LogP contribution >= 0.6 is 24.2 Å². The van der Waals surface area contributed by atoms with Crippen LogP contribution in [0.2, 0.25) is 0 Å². The van der Waals surface area contributed by atoms with E-state index in [1.165, 1.54) is 6.42 Å². The van der Waals surface area contributed by atoms with Crippen molar-refractivity contribution < 1.29 is 0 Å². The molecular weight excluding hydrogens is 128 g/mol. The van der Waals surface area contributed by atoms with Crippen LogP contribution in [0.1, 0.15) is 19.8 Å². The van der Waals surface area contributed by atoms with Crippen LogP contribution in [0, 0.1) is 0 Å². The molecule has 0 fully saturated rings. The van der Waals surface area contributed by atoms with Crippen molar-refractivity contribution in [1.82, 2.24) is 0 Å². The van der Waals surface area contributed by atoms with E-state index in [0.717, 1.165) is 12.3 Å². The van der Waals surface area contributed by atoms with Crippen LogP contribution in [-0.4, -0.2) is 12.1 Å². The largest absolute Gasteiger partial charge is 0.183 e. The molecule has 2 heteroatoms. The van der Waals surface area contributed by atoms with Gasteiger partial charge in [0.25, 0.3) is 0 Å². The van der Waals surface area contributed by atoms with E-state index in [9.17, 15) is 0 Å². The maximum absolute atomic E-state index is 5.30. The number of unbranched alkanes of at least 4 members (excludes halogenated alkanes) is 1. The average Bonchev–Trinajstić information content (AvgIpc) is 1.75. The molecule has 7 heavy (non-hydrogen) atoms. The van der Waals surface area contributed by atoms with Crippen LogP contribution in [0.15, 0.2) is 0 Å². The molecule has 0 aliphatic rings. The molecule has 0 N–H and O–H groups in total. The van der Waals surface area contributed by atoms with Gasteiger partial charge in [0.15, 0.2) is 0 Å². The topological polar surface area (TPSA) is 0 Å². The molecule has 0 rings (SSSR count). The molecule has 0 heterocycles. The second kappa shape index (κ2) is 15.9. The fraction of sp³-hybridized carbons (Fsp3) is 1.00. The molecule has 0 saturated heterocycles. The first kappa shape index (κ1) is 10.6. The van der Waals surface area contributed by atoms with Crippen molar-refractivity contribution in [3.8, 4) is 0 Å². The van der Waals surface area contributed by atoms with Gasteiger partial charge >= 0.3 is 0 Å². The molecule has 0 aromatic rings. The normalized spacial score (nSPS) is 6.86. The lowest BCUT2D eigenvalue weighted by atomic mass is 10.4. The second-order valence-electron chi connectivity index (χ2n) is 1.04. The summed E-state index contributed by atoms with van der Waals surface area (Å²) in [5.41, 5.74) is 0. The predicted octanol–water partition coefficient (Wildman–Crippen LogP) is 2.57. The van der Waals surface area contributed by atoms with Crippen LogP contribution in [-0.2, 0) is 0 Å². The molecule has 0 aliphatic carbocycles. The van der Waals surface area contributed by atoms with E-state index in [2.05, 4.69) is 19.6 Å². The minimum Gasteiger partial charge on any atom is -0.183 e. The van der Waals surface area contributed by atoms with E-state index in [1.807, 2.05) is 0 Å². The average molecular weight is 141 g/mol. The summed E-state index contributed by atoms with van der Waals surface area (Å²) in [7, 11) is 0. The Balaban J connectivity index is 0. The molecule has 0 spiro atoms. The summed E-state index contributed by atoms with van der Waals surface area (Å²) in [5, 5.41) is 0. The highest BCUT2D eigenvalue weighted by Gasteiger charge is 1.70. The Morgan fingerprint density at radius 1 is 1.43 bits per heavy atom. The molecule has 0 aliphatic heterocycles. The first-order valence-electron chi connectivity index (χ1n) is 2.42. The SMILES string of the molecule is CCCCCl.CS. The zero-order chi connectivity index (χ0) is 6.12. The molecule has 0 aromatic carbocycles. The van der Waals surface area contributed by atoms with Gasteiger partial charge in [-0.25, -0.2) is 0 Å². The highest BCUT2D eigenvalue weighted by molar-refractivity contribution is 7.79. The summed E-state index contributed by atoms with van der Waals surface area (Å²) < 4.78 is 0. The molecule has 0 aromatic heterocycles. The van der Waals surface area contributed by atoms with Gasteiger partial charge in [0.1, 0.15) is 0 Å². The Morgan fingerprint density at radius 2 is 1.86 bits per heavy atom. The lowest BCUT2D eigenvalue weighted by molar-refractivity contribution is 0.892. The van der Waals surface area contributed by atoms with Gasteiger partial charge in [-0.3, -0.25) is 0 Å². The summed E-state index contributed by atoms with van der Waals surface area (Å²) in [6.45, 7) is 2.13. The minimum absolute atomic E-state index is 0.816. The first-order valence-corrected chi connectivity index (χ1v) is 3.85. The second-order valence-corrected chi connectivity index (χ2v) is 1.42. The van der Waals surface area contributed by atoms with Crippen LogP contribution in [0.5, 0.6) is 0 Å². The van der Waals surface area contributed by atoms with E-state index in [0.29, 0.717) is 0 Å². The zero-order valence-electron chi connectivity index (χ0n) is 4.95. The standard InChI is InChI=1S/C4H9Cl.CH4S/c1-2-3-4-5;1-2/h2-4H2,1H3;2H,1H3. The summed E-state index contributed by atoms with van der Waals surface area (Å²) in [4.78, 5) is 0. The van der Waals surface area contributed by atoms with Crippen LogP contribution in [0.4, 0.5) is 0 Å². The molecule has 0 radical (unpaired) electrons. The maximum Gasteiger partial charge on any atom is 0.0223 e. The summed E-state index contributed by atoms with van der Waals surface area (Å²) in [5.74, 6) is 0.816. The maximum atomic E-state index is 5.30. The van der Waals surface area contributed by atoms with Gasteiger partial charge in [-0.2, -0.15) is 12.6 Å². The van der Waals surface area contributed by atoms with Crippen molar-refractivity contribution in [1.29, 1.82) is 0 Å². The molecular formula is C5H13ClS. The van der Waals surface area contributed by atoms with Gasteiger partial charge in [-0.05, 0) is 12.7 Å². The van der Waals surface area contributed by atoms with Gasteiger partial charge in [-0.1, -0.05) is 13.3 Å². The Morgan fingerprint density at radius 3 is 1.86 bits per heavy atom. The number of alkyl halides is 1. The molecule has 0 nitrogen and oxygen atoms in total. The van der Waals surface area contributed by atoms with E-state index < -0.39 is 0 Å². The van der Waals surface area contributed by atoms with E-state index in [-0.39, 0.29) is 0 Å². The third-order valence-electron chi connectivity index (χ3n) is 0.487. The fourth-order valence-electron chi connectivity index (χ4n) is 0.134. The molecule has 0 unspecified atom stereocenters. The summed E-state index contributed by atoms with van der Waals surface area (Å²) >= 11 is 8.83. The molecule has 46 valence electrons. The number of rotatable bonds is 2. The Bertz CT molecular complexity index is 15.6. The Kier molecular flexibility index (Phi) is 24.1. The number of thiol groups is 1. The lowest BCUT2D eigenvalue weighted by Gasteiger charge is -1.77. The van der Waals surface area contributed by atoms with Crippen LogP contribution in [0.3, 0.4) is 0 Å². The highest BCUT2D eigenvalue weighted by Crippen LogP contribution is 1.86. The predicted molar refractivity (Wildman–Crippen MR) is 40.5 cm³/mol. The molecule has 0 saturated carbocycles. The fourth-order valence-corrected chi connectivity index (χ4v) is 0.401. The zero-order valence-corrected chi connectivity index (χ0v) is 6.60. The molecule has 0 atom stereocenters. The number of halogens is 1. The quantitative estimate of drug-likeness (QED) is 0.443. The van der Waals surface area contributed by atoms with Crippen molar-refractivity contribution in [3.05, 3.63) is 0 Å². The van der Waals surface area contributed by atoms with Crippen LogP contribution < -0.4 is 0 Å².